The molecule has 1 rings (SSSR count). The molecular formula is C20H34OSn. The van der Waals surface area contributed by atoms with Crippen LogP contribution in [-0.2, 0) is 0 Å². The Bertz CT molecular complexity index is 414. The topological polar surface area (TPSA) is 17.1 Å². The van der Waals surface area contributed by atoms with Crippen LogP contribution in [0.15, 0.2) is 24.3 Å². The van der Waals surface area contributed by atoms with Crippen LogP contribution >= 0.6 is 0 Å². The van der Waals surface area contributed by atoms with E-state index in [0.717, 1.165) is 5.56 Å². The van der Waals surface area contributed by atoms with Gasteiger partial charge in [-0.25, -0.2) is 0 Å². The predicted molar refractivity (Wildman–Crippen MR) is 101 cm³/mol. The van der Waals surface area contributed by atoms with Crippen molar-refractivity contribution in [1.82, 2.24) is 0 Å². The van der Waals surface area contributed by atoms with Gasteiger partial charge in [0.1, 0.15) is 0 Å². The van der Waals surface area contributed by atoms with Crippen LogP contribution in [0.25, 0.3) is 0 Å². The first kappa shape index (κ1) is 19.7. The molecule has 0 atom stereocenters. The van der Waals surface area contributed by atoms with Crippen molar-refractivity contribution in [3.8, 4) is 0 Å². The van der Waals surface area contributed by atoms with Crippen LogP contribution in [0.4, 0.5) is 0 Å². The standard InChI is InChI=1S/C8H7O.3C4H9.Sn/c1-7(9)8-5-3-2-4-6-8;3*1-3-4-2;/h3-6H,1H3;3*1,3-4H2,2H3;. The molecule has 22 heavy (non-hydrogen) atoms. The zero-order chi connectivity index (χ0) is 16.4. The van der Waals surface area contributed by atoms with Gasteiger partial charge >= 0.3 is 142 Å². The summed E-state index contributed by atoms with van der Waals surface area (Å²) in [6.45, 7) is 8.61. The van der Waals surface area contributed by atoms with Crippen LogP contribution in [0.1, 0.15) is 76.6 Å². The first-order chi connectivity index (χ1) is 10.6. The van der Waals surface area contributed by atoms with Gasteiger partial charge < -0.3 is 0 Å². The zero-order valence-electron chi connectivity index (χ0n) is 15.1. The molecule has 0 N–H and O–H groups in total. The Morgan fingerprint density at radius 1 is 0.818 bits per heavy atom. The van der Waals surface area contributed by atoms with E-state index in [2.05, 4.69) is 45.0 Å². The number of Topliss-reactive ketones (excluding diaryl/α,β-unsaturated/α-hetero) is 1. The van der Waals surface area contributed by atoms with E-state index in [9.17, 15) is 4.79 Å². The van der Waals surface area contributed by atoms with Gasteiger partial charge in [0.05, 0.1) is 0 Å². The molecule has 0 aliphatic heterocycles. The molecular weight excluding hydrogens is 375 g/mol. The van der Waals surface area contributed by atoms with Gasteiger partial charge in [-0.3, -0.25) is 0 Å². The molecule has 0 aliphatic rings. The molecule has 0 saturated carbocycles. The normalized spacial score (nSPS) is 11.6. The number of rotatable bonds is 11. The van der Waals surface area contributed by atoms with E-state index >= 15 is 0 Å². The maximum absolute atomic E-state index is 11.5. The van der Waals surface area contributed by atoms with Gasteiger partial charge in [0.25, 0.3) is 0 Å². The molecule has 1 aromatic carbocycles. The fraction of sp³-hybridized carbons (Fsp3) is 0.650. The molecule has 0 amide bonds. The van der Waals surface area contributed by atoms with Crippen molar-refractivity contribution >= 4 is 27.7 Å². The molecule has 0 bridgehead atoms. The number of ketones is 1. The summed E-state index contributed by atoms with van der Waals surface area (Å²) < 4.78 is 6.13. The number of hydrogen-bond donors (Lipinski definition) is 0. The Morgan fingerprint density at radius 2 is 1.23 bits per heavy atom. The van der Waals surface area contributed by atoms with Gasteiger partial charge in [-0.05, 0) is 0 Å². The summed E-state index contributed by atoms with van der Waals surface area (Å²) in [5.74, 6) is 0.183. The fourth-order valence-electron chi connectivity index (χ4n) is 3.41. The van der Waals surface area contributed by atoms with E-state index in [-0.39, 0.29) is 5.78 Å². The Labute approximate surface area is 141 Å². The maximum atomic E-state index is 11.5. The molecule has 0 aromatic heterocycles. The number of carbonyl (C=O) groups is 1. The van der Waals surface area contributed by atoms with Crippen LogP contribution in [-0.4, -0.2) is 24.2 Å². The van der Waals surface area contributed by atoms with Crippen LogP contribution in [0, 0.1) is 0 Å². The molecule has 0 heterocycles. The van der Waals surface area contributed by atoms with E-state index in [1.807, 2.05) is 0 Å². The molecule has 0 spiro atoms. The third kappa shape index (κ3) is 5.71. The minimum absolute atomic E-state index is 0.183. The van der Waals surface area contributed by atoms with Crippen molar-refractivity contribution in [2.45, 2.75) is 79.5 Å². The average molecular weight is 409 g/mol. The predicted octanol–water partition coefficient (Wildman–Crippen LogP) is 5.95. The van der Waals surface area contributed by atoms with Gasteiger partial charge in [0.2, 0.25) is 0 Å². The van der Waals surface area contributed by atoms with Crippen molar-refractivity contribution in [3.05, 3.63) is 29.8 Å². The molecule has 1 nitrogen and oxygen atoms in total. The van der Waals surface area contributed by atoms with Gasteiger partial charge in [0.15, 0.2) is 0 Å². The van der Waals surface area contributed by atoms with Crippen molar-refractivity contribution in [1.29, 1.82) is 0 Å². The molecule has 1 aromatic rings. The molecule has 0 saturated heterocycles. The molecule has 124 valence electrons. The van der Waals surface area contributed by atoms with Crippen LogP contribution in [0.3, 0.4) is 0 Å². The van der Waals surface area contributed by atoms with Gasteiger partial charge in [-0.2, -0.15) is 0 Å². The van der Waals surface area contributed by atoms with Crippen molar-refractivity contribution < 1.29 is 4.79 Å². The third-order valence-electron chi connectivity index (χ3n) is 4.93. The summed E-state index contributed by atoms with van der Waals surface area (Å²) in [5.41, 5.74) is 0.866. The van der Waals surface area contributed by atoms with Crippen molar-refractivity contribution in [3.63, 3.8) is 0 Å². The summed E-state index contributed by atoms with van der Waals surface area (Å²) in [7, 11) is 0. The van der Waals surface area contributed by atoms with E-state index in [1.54, 1.807) is 10.5 Å². The molecule has 0 aliphatic carbocycles. The second-order valence-electron chi connectivity index (χ2n) is 6.72. The number of unbranched alkanes of at least 4 members (excludes halogenated alkanes) is 3. The van der Waals surface area contributed by atoms with Crippen molar-refractivity contribution in [2.24, 2.45) is 0 Å². The van der Waals surface area contributed by atoms with Crippen LogP contribution in [0.2, 0.25) is 13.3 Å². The van der Waals surface area contributed by atoms with Gasteiger partial charge in [0, 0.05) is 0 Å². The van der Waals surface area contributed by atoms with Gasteiger partial charge in [-0.1, -0.05) is 0 Å². The van der Waals surface area contributed by atoms with Crippen molar-refractivity contribution in [2.75, 3.05) is 0 Å². The Kier molecular flexibility index (Phi) is 9.38. The SMILES string of the molecule is CCC[CH2][Sn]([CH2]CCC)([CH2]CCC)[c]1ccc(C(C)=O)cc1. The summed E-state index contributed by atoms with van der Waals surface area (Å²) in [4.78, 5) is 11.5. The molecule has 2 heteroatoms. The first-order valence-corrected chi connectivity index (χ1v) is 16.7. The van der Waals surface area contributed by atoms with E-state index in [0.29, 0.717) is 0 Å². The minimum atomic E-state index is -2.28. The van der Waals surface area contributed by atoms with Crippen LogP contribution in [0.5, 0.6) is 0 Å². The summed E-state index contributed by atoms with van der Waals surface area (Å²) in [6, 6.07) is 8.78. The van der Waals surface area contributed by atoms with E-state index in [1.165, 1.54) is 51.8 Å². The molecule has 0 unspecified atom stereocenters. The van der Waals surface area contributed by atoms with E-state index in [4.69, 9.17) is 0 Å². The number of benzene rings is 1. The zero-order valence-corrected chi connectivity index (χ0v) is 17.9. The average Bonchev–Trinajstić information content (AvgIpc) is 2.54. The Morgan fingerprint density at radius 3 is 1.55 bits per heavy atom. The summed E-state index contributed by atoms with van der Waals surface area (Å²) in [5, 5.41) is 0. The summed E-state index contributed by atoms with van der Waals surface area (Å²) >= 11 is -2.28. The van der Waals surface area contributed by atoms with E-state index < -0.39 is 18.4 Å². The molecule has 0 fully saturated rings. The third-order valence-corrected chi connectivity index (χ3v) is 20.6. The fourth-order valence-corrected chi connectivity index (χ4v) is 19.3. The second kappa shape index (κ2) is 10.5. The first-order valence-electron chi connectivity index (χ1n) is 9.21. The Balaban J connectivity index is 3.09. The van der Waals surface area contributed by atoms with Crippen LogP contribution < -0.4 is 3.58 Å². The number of carbonyl (C=O) groups excluding carboxylic acids is 1. The van der Waals surface area contributed by atoms with Gasteiger partial charge in [-0.15, -0.1) is 0 Å². The monoisotopic (exact) mass is 410 g/mol. The quantitative estimate of drug-likeness (QED) is 0.326. The molecule has 0 radical (unpaired) electrons. The number of hydrogen-bond acceptors (Lipinski definition) is 1. The second-order valence-corrected chi connectivity index (χ2v) is 20.0. The Hall–Kier alpha value is -0.311. The summed E-state index contributed by atoms with van der Waals surface area (Å²) in [6.07, 6.45) is 8.08.